The second-order valence-corrected chi connectivity index (χ2v) is 10.3. The predicted molar refractivity (Wildman–Crippen MR) is 157 cm³/mol. The summed E-state index contributed by atoms with van der Waals surface area (Å²) < 4.78 is 0. The SMILES string of the molecule is CC/C=N\C(=C/C(C)Nc1ncc(C(=O)Nc2c(C)cccc2Cl)s1)N1CCN(CCO)CC1.CCC. The number of hydrogen-bond donors (Lipinski definition) is 3. The molecule has 0 spiro atoms. The van der Waals surface area contributed by atoms with Gasteiger partial charge in [0.1, 0.15) is 10.7 Å². The minimum Gasteiger partial charge on any atom is -0.395 e. The zero-order valence-electron chi connectivity index (χ0n) is 22.6. The molecule has 1 amide bonds. The topological polar surface area (TPSA) is 93.1 Å². The summed E-state index contributed by atoms with van der Waals surface area (Å²) in [5, 5.41) is 16.6. The molecular formula is C27H41ClN6O2S. The molecule has 10 heteroatoms. The molecule has 1 unspecified atom stereocenters. The van der Waals surface area contributed by atoms with Gasteiger partial charge < -0.3 is 20.6 Å². The van der Waals surface area contributed by atoms with Gasteiger partial charge in [0.05, 0.1) is 23.5 Å². The second-order valence-electron chi connectivity index (χ2n) is 8.85. The third-order valence-corrected chi connectivity index (χ3v) is 6.70. The van der Waals surface area contributed by atoms with Crippen LogP contribution in [0.4, 0.5) is 10.8 Å². The lowest BCUT2D eigenvalue weighted by Crippen LogP contribution is -2.46. The first kappa shape index (κ1) is 30.8. The van der Waals surface area contributed by atoms with E-state index in [1.807, 2.05) is 32.2 Å². The van der Waals surface area contributed by atoms with E-state index < -0.39 is 0 Å². The molecule has 204 valence electrons. The fourth-order valence-electron chi connectivity index (χ4n) is 3.63. The van der Waals surface area contributed by atoms with Gasteiger partial charge in [0.25, 0.3) is 5.91 Å². The van der Waals surface area contributed by atoms with E-state index in [4.69, 9.17) is 16.7 Å². The van der Waals surface area contributed by atoms with Gasteiger partial charge in [0, 0.05) is 45.0 Å². The van der Waals surface area contributed by atoms with Crippen molar-refractivity contribution in [1.29, 1.82) is 0 Å². The summed E-state index contributed by atoms with van der Waals surface area (Å²) in [5.41, 5.74) is 1.52. The van der Waals surface area contributed by atoms with Gasteiger partial charge in [-0.25, -0.2) is 9.98 Å². The van der Waals surface area contributed by atoms with Gasteiger partial charge in [-0.2, -0.15) is 0 Å². The van der Waals surface area contributed by atoms with Crippen LogP contribution >= 0.6 is 22.9 Å². The molecular weight excluding hydrogens is 508 g/mol. The Morgan fingerprint density at radius 1 is 1.27 bits per heavy atom. The number of amides is 1. The molecule has 2 aromatic rings. The third-order valence-electron chi connectivity index (χ3n) is 5.46. The highest BCUT2D eigenvalue weighted by Gasteiger charge is 2.19. The average Bonchev–Trinajstić information content (AvgIpc) is 3.34. The first-order valence-corrected chi connectivity index (χ1v) is 14.1. The minimum atomic E-state index is -0.237. The molecule has 3 N–H and O–H groups in total. The molecule has 3 rings (SSSR count). The molecule has 1 aromatic carbocycles. The van der Waals surface area contributed by atoms with Gasteiger partial charge in [0.2, 0.25) is 0 Å². The quantitative estimate of drug-likeness (QED) is 0.339. The van der Waals surface area contributed by atoms with Gasteiger partial charge in [0.15, 0.2) is 5.13 Å². The van der Waals surface area contributed by atoms with Crippen LogP contribution in [0.25, 0.3) is 0 Å². The van der Waals surface area contributed by atoms with Crippen molar-refractivity contribution in [3.8, 4) is 0 Å². The number of carbonyl (C=O) groups is 1. The van der Waals surface area contributed by atoms with Crippen molar-refractivity contribution in [3.05, 3.63) is 51.8 Å². The molecule has 8 nitrogen and oxygen atoms in total. The molecule has 0 bridgehead atoms. The van der Waals surface area contributed by atoms with Crippen LogP contribution in [-0.4, -0.2) is 77.4 Å². The number of carbonyl (C=O) groups excluding carboxylic acids is 1. The van der Waals surface area contributed by atoms with Gasteiger partial charge in [-0.1, -0.05) is 62.3 Å². The van der Waals surface area contributed by atoms with E-state index in [2.05, 4.69) is 57.3 Å². The van der Waals surface area contributed by atoms with Crippen molar-refractivity contribution in [1.82, 2.24) is 14.8 Å². The highest BCUT2D eigenvalue weighted by molar-refractivity contribution is 7.17. The first-order chi connectivity index (χ1) is 17.8. The van der Waals surface area contributed by atoms with Crippen molar-refractivity contribution in [2.45, 2.75) is 53.5 Å². The van der Waals surface area contributed by atoms with Crippen LogP contribution in [0.1, 0.15) is 55.8 Å². The molecule has 37 heavy (non-hydrogen) atoms. The molecule has 1 fully saturated rings. The van der Waals surface area contributed by atoms with E-state index in [-0.39, 0.29) is 18.6 Å². The summed E-state index contributed by atoms with van der Waals surface area (Å²) in [6, 6.07) is 5.47. The van der Waals surface area contributed by atoms with Crippen LogP contribution < -0.4 is 10.6 Å². The smallest absolute Gasteiger partial charge is 0.267 e. The molecule has 0 radical (unpaired) electrons. The molecule has 1 aromatic heterocycles. The lowest BCUT2D eigenvalue weighted by Gasteiger charge is -2.36. The van der Waals surface area contributed by atoms with Gasteiger partial charge in [-0.05, 0) is 38.0 Å². The number of para-hydroxylation sites is 1. The average molecular weight is 549 g/mol. The summed E-state index contributed by atoms with van der Waals surface area (Å²) in [6.07, 6.45) is 7.68. The number of anilines is 2. The van der Waals surface area contributed by atoms with Crippen molar-refractivity contribution in [3.63, 3.8) is 0 Å². The molecule has 2 heterocycles. The van der Waals surface area contributed by atoms with Crippen molar-refractivity contribution >= 4 is 45.9 Å². The number of thiazole rings is 1. The molecule has 1 atom stereocenters. The number of hydrogen-bond acceptors (Lipinski definition) is 8. The Bertz CT molecular complexity index is 1010. The number of aromatic nitrogens is 1. The number of aliphatic hydroxyl groups is 1. The Hall–Kier alpha value is -2.46. The third kappa shape index (κ3) is 10.1. The Kier molecular flexibility index (Phi) is 13.6. The van der Waals surface area contributed by atoms with Gasteiger partial charge in [-0.3, -0.25) is 9.69 Å². The van der Waals surface area contributed by atoms with E-state index in [1.165, 1.54) is 17.8 Å². The lowest BCUT2D eigenvalue weighted by atomic mass is 10.2. The fourth-order valence-corrected chi connectivity index (χ4v) is 4.70. The highest BCUT2D eigenvalue weighted by Crippen LogP contribution is 2.27. The molecule has 1 aliphatic rings. The van der Waals surface area contributed by atoms with Crippen LogP contribution in [0, 0.1) is 6.92 Å². The largest absolute Gasteiger partial charge is 0.395 e. The maximum atomic E-state index is 12.7. The van der Waals surface area contributed by atoms with E-state index in [0.29, 0.717) is 27.3 Å². The Morgan fingerprint density at radius 2 is 1.97 bits per heavy atom. The maximum Gasteiger partial charge on any atom is 0.267 e. The number of β-amino-alcohol motifs (C(OH)–C–C–N with tert-alkyl or cyclic N) is 1. The Morgan fingerprint density at radius 3 is 2.59 bits per heavy atom. The fraction of sp³-hybridized carbons (Fsp3) is 0.519. The molecule has 1 aliphatic heterocycles. The monoisotopic (exact) mass is 548 g/mol. The zero-order valence-corrected chi connectivity index (χ0v) is 24.2. The summed E-state index contributed by atoms with van der Waals surface area (Å²) >= 11 is 7.53. The first-order valence-electron chi connectivity index (χ1n) is 12.9. The number of aliphatic imine (C=N–C) groups is 1. The van der Waals surface area contributed by atoms with Crippen LogP contribution in [0.5, 0.6) is 0 Å². The number of halogens is 1. The number of nitrogens with one attached hydrogen (secondary N) is 2. The number of piperazine rings is 1. The van der Waals surface area contributed by atoms with Crippen LogP contribution in [0.2, 0.25) is 5.02 Å². The number of benzene rings is 1. The Labute approximate surface area is 230 Å². The van der Waals surface area contributed by atoms with Crippen LogP contribution in [0.15, 0.2) is 41.3 Å². The summed E-state index contributed by atoms with van der Waals surface area (Å²) in [4.78, 5) is 26.8. The normalized spacial score (nSPS) is 15.3. The second kappa shape index (κ2) is 16.4. The van der Waals surface area contributed by atoms with E-state index >= 15 is 0 Å². The minimum absolute atomic E-state index is 0.0349. The van der Waals surface area contributed by atoms with E-state index in [0.717, 1.165) is 44.0 Å². The zero-order chi connectivity index (χ0) is 27.2. The summed E-state index contributed by atoms with van der Waals surface area (Å²) in [6.45, 7) is 14.7. The van der Waals surface area contributed by atoms with Crippen molar-refractivity contribution in [2.75, 3.05) is 50.0 Å². The van der Waals surface area contributed by atoms with Crippen molar-refractivity contribution < 1.29 is 9.90 Å². The number of aliphatic hydroxyl groups excluding tert-OH is 1. The lowest BCUT2D eigenvalue weighted by molar-refractivity contribution is 0.103. The Balaban J connectivity index is 0.00000153. The number of rotatable bonds is 10. The number of nitrogens with zero attached hydrogens (tertiary/aromatic N) is 4. The van der Waals surface area contributed by atoms with Gasteiger partial charge >= 0.3 is 0 Å². The van der Waals surface area contributed by atoms with Crippen LogP contribution in [0.3, 0.4) is 0 Å². The van der Waals surface area contributed by atoms with E-state index in [1.54, 1.807) is 12.3 Å². The van der Waals surface area contributed by atoms with Gasteiger partial charge in [-0.15, -0.1) is 0 Å². The summed E-state index contributed by atoms with van der Waals surface area (Å²) in [7, 11) is 0. The predicted octanol–water partition coefficient (Wildman–Crippen LogP) is 5.51. The highest BCUT2D eigenvalue weighted by atomic mass is 35.5. The van der Waals surface area contributed by atoms with E-state index in [9.17, 15) is 4.79 Å². The van der Waals surface area contributed by atoms with Crippen molar-refractivity contribution in [2.24, 2.45) is 4.99 Å². The molecule has 1 saturated heterocycles. The summed E-state index contributed by atoms with van der Waals surface area (Å²) in [5.74, 6) is 0.688. The maximum absolute atomic E-state index is 12.7. The number of aryl methyl sites for hydroxylation is 1. The molecule has 0 saturated carbocycles. The standard InChI is InChI=1S/C24H33ClN6O2S.C3H8/c1-4-8-26-21(31-11-9-30(10-12-31)13-14-32)15-18(3)28-24-27-16-20(34-24)23(33)29-22-17(2)6-5-7-19(22)25;1-3-2/h5-8,15-16,18,32H,4,9-14H2,1-3H3,(H,27,28)(H,29,33);3H2,1-2H3/b21-15+,26-8-;. The van der Waals surface area contributed by atoms with Crippen LogP contribution in [-0.2, 0) is 0 Å². The molecule has 0 aliphatic carbocycles.